The maximum atomic E-state index is 14.4. The molecule has 0 aliphatic rings. The van der Waals surface area contributed by atoms with Gasteiger partial charge in [0.05, 0.1) is 74.9 Å². The smallest absolute Gasteiger partial charge is 0.312 e. The number of nitrogens with zero attached hydrogens (tertiary/aromatic N) is 1. The van der Waals surface area contributed by atoms with Gasteiger partial charge < -0.3 is 91.0 Å². The molecule has 20 N–H and O–H groups in total. The van der Waals surface area contributed by atoms with E-state index in [-0.39, 0.29) is 147 Å². The van der Waals surface area contributed by atoms with E-state index in [1.165, 1.54) is 89.1 Å². The van der Waals surface area contributed by atoms with Crippen molar-refractivity contribution in [3.05, 3.63) is 117 Å². The van der Waals surface area contributed by atoms with E-state index in [2.05, 4.69) is 36.9 Å². The van der Waals surface area contributed by atoms with Crippen LogP contribution in [0.3, 0.4) is 0 Å². The molecule has 0 aliphatic carbocycles. The van der Waals surface area contributed by atoms with Crippen LogP contribution in [0.15, 0.2) is 77.8 Å². The number of benzene rings is 4. The number of ketones is 4. The number of amides is 10. The molecule has 0 spiro atoms. The Hall–Kier alpha value is -10.3. The van der Waals surface area contributed by atoms with Gasteiger partial charge in [-0.25, -0.2) is 14.4 Å². The molecule has 0 bridgehead atoms. The minimum atomic E-state index is -1.24. The molecule has 0 aromatic heterocycles. The normalized spacial score (nSPS) is 12.1. The van der Waals surface area contributed by atoms with E-state index in [9.17, 15) is 52.7 Å². The third-order valence-corrected chi connectivity index (χ3v) is 13.9. The van der Waals surface area contributed by atoms with E-state index < -0.39 is 83.2 Å². The molecule has 4 aromatic rings. The zero-order valence-corrected chi connectivity index (χ0v) is 50.2. The highest BCUT2D eigenvalue weighted by molar-refractivity contribution is 6.04. The van der Waals surface area contributed by atoms with Crippen LogP contribution in [0.25, 0.3) is 0 Å². The zero-order chi connectivity index (χ0) is 65.7. The first-order valence-corrected chi connectivity index (χ1v) is 28.3. The van der Waals surface area contributed by atoms with Crippen molar-refractivity contribution in [1.29, 1.82) is 0 Å². The molecule has 0 fully saturated rings. The monoisotopic (exact) mass is 1240 g/mol. The highest BCUT2D eigenvalue weighted by Crippen LogP contribution is 2.26. The number of methoxy groups -OCH3 is 4. The van der Waals surface area contributed by atoms with Gasteiger partial charge in [-0.15, -0.1) is 0 Å². The number of nitrogens with two attached hydrogens (primary N) is 7. The van der Waals surface area contributed by atoms with Gasteiger partial charge in [0.25, 0.3) is 23.6 Å². The van der Waals surface area contributed by atoms with Crippen molar-refractivity contribution in [2.24, 2.45) is 45.1 Å². The van der Waals surface area contributed by atoms with Gasteiger partial charge in [0.1, 0.15) is 23.0 Å². The number of rotatable bonds is 39. The van der Waals surface area contributed by atoms with Crippen LogP contribution in [-0.2, 0) is 44.9 Å². The Labute approximate surface area is 514 Å². The zero-order valence-electron chi connectivity index (χ0n) is 50.2. The lowest BCUT2D eigenvalue weighted by molar-refractivity contribution is -0.121. The number of aliphatic imine (C=N–C) groups is 1. The number of hydrogen-bond acceptors (Lipinski definition) is 17. The van der Waals surface area contributed by atoms with E-state index in [0.29, 0.717) is 35.1 Å². The van der Waals surface area contributed by atoms with Crippen LogP contribution in [0, 0.1) is 0 Å². The Balaban J connectivity index is 1.60. The van der Waals surface area contributed by atoms with Crippen molar-refractivity contribution in [2.45, 2.75) is 101 Å². The maximum Gasteiger partial charge on any atom is 0.312 e. The molecule has 4 aromatic carbocycles. The van der Waals surface area contributed by atoms with Crippen molar-refractivity contribution in [3.63, 3.8) is 0 Å². The van der Waals surface area contributed by atoms with Gasteiger partial charge in [0.2, 0.25) is 0 Å². The van der Waals surface area contributed by atoms with Gasteiger partial charge in [-0.2, -0.15) is 0 Å². The van der Waals surface area contributed by atoms with Crippen molar-refractivity contribution in [1.82, 2.24) is 31.9 Å². The number of carbonyl (C=O) groups excluding carboxylic acids is 11. The molecule has 480 valence electrons. The van der Waals surface area contributed by atoms with Gasteiger partial charge >= 0.3 is 18.1 Å². The fourth-order valence-corrected chi connectivity index (χ4v) is 9.37. The minimum absolute atomic E-state index is 0.00946. The molecular weight excluding hydrogens is 1160 g/mol. The van der Waals surface area contributed by atoms with Crippen LogP contribution in [-0.4, -0.2) is 150 Å². The molecule has 0 saturated heterocycles. The van der Waals surface area contributed by atoms with Crippen molar-refractivity contribution in [2.75, 3.05) is 54.6 Å². The van der Waals surface area contributed by atoms with Crippen LogP contribution in [0.2, 0.25) is 0 Å². The van der Waals surface area contributed by atoms with Gasteiger partial charge in [0, 0.05) is 51.9 Å². The van der Waals surface area contributed by atoms with Gasteiger partial charge in [-0.3, -0.25) is 43.3 Å². The van der Waals surface area contributed by atoms with E-state index in [1.807, 2.05) is 0 Å². The molecule has 4 atom stereocenters. The summed E-state index contributed by atoms with van der Waals surface area (Å²) in [6, 6.07) is 10.9. The third-order valence-electron chi connectivity index (χ3n) is 13.9. The molecule has 29 nitrogen and oxygen atoms in total. The molecule has 89 heavy (non-hydrogen) atoms. The van der Waals surface area contributed by atoms with Crippen LogP contribution in [0.5, 0.6) is 23.0 Å². The molecule has 0 saturated carbocycles. The van der Waals surface area contributed by atoms with Crippen LogP contribution >= 0.6 is 0 Å². The number of carbonyl (C=O) groups is 11. The van der Waals surface area contributed by atoms with Gasteiger partial charge in [0.15, 0.2) is 29.1 Å². The van der Waals surface area contributed by atoms with E-state index >= 15 is 0 Å². The predicted molar refractivity (Wildman–Crippen MR) is 327 cm³/mol. The second-order valence-electron chi connectivity index (χ2n) is 20.5. The first-order valence-electron chi connectivity index (χ1n) is 28.3. The van der Waals surface area contributed by atoms with Crippen LogP contribution in [0.1, 0.15) is 115 Å². The predicted octanol–water partition coefficient (Wildman–Crippen LogP) is 0.388. The summed E-state index contributed by atoms with van der Waals surface area (Å²) in [5.74, 6) is -4.51. The number of nitrogens with one attached hydrogen (secondary N) is 6. The number of guanidine groups is 1. The highest BCUT2D eigenvalue weighted by atomic mass is 16.5. The maximum absolute atomic E-state index is 14.4. The Morgan fingerprint density at radius 2 is 0.697 bits per heavy atom. The number of primary amides is 4. The highest BCUT2D eigenvalue weighted by Gasteiger charge is 2.29. The van der Waals surface area contributed by atoms with E-state index in [1.54, 1.807) is 12.1 Å². The molecule has 0 radical (unpaired) electrons. The third kappa shape index (κ3) is 23.5. The fraction of sp³-hybridized carbons (Fsp3) is 0.400. The van der Waals surface area contributed by atoms with E-state index in [4.69, 9.17) is 59.1 Å². The molecule has 10 amide bonds. The second kappa shape index (κ2) is 36.0. The lowest BCUT2D eigenvalue weighted by atomic mass is 9.96. The Bertz CT molecular complexity index is 3240. The minimum Gasteiger partial charge on any atom is -0.496 e. The summed E-state index contributed by atoms with van der Waals surface area (Å²) < 4.78 is 21.8. The number of urea groups is 3. The molecular formula is C60H80N14O15. The van der Waals surface area contributed by atoms with Crippen molar-refractivity contribution < 1.29 is 71.7 Å². The summed E-state index contributed by atoms with van der Waals surface area (Å²) in [6.45, 7) is 0.442. The average molecular weight is 1240 g/mol. The number of hydrogen-bond donors (Lipinski definition) is 13. The summed E-state index contributed by atoms with van der Waals surface area (Å²) in [4.78, 5) is 149. The molecule has 0 aliphatic heterocycles. The Morgan fingerprint density at radius 3 is 0.978 bits per heavy atom. The van der Waals surface area contributed by atoms with Crippen LogP contribution in [0.4, 0.5) is 14.4 Å². The molecule has 0 heterocycles. The van der Waals surface area contributed by atoms with Crippen LogP contribution < -0.4 is 91.0 Å². The lowest BCUT2D eigenvalue weighted by Crippen LogP contribution is -2.43. The Kier molecular flexibility index (Phi) is 28.8. The Morgan fingerprint density at radius 1 is 0.404 bits per heavy atom. The lowest BCUT2D eigenvalue weighted by Gasteiger charge is -2.21. The van der Waals surface area contributed by atoms with Crippen molar-refractivity contribution in [3.8, 4) is 23.0 Å². The second-order valence-corrected chi connectivity index (χ2v) is 20.5. The first kappa shape index (κ1) is 71.2. The summed E-state index contributed by atoms with van der Waals surface area (Å²) in [7, 11) is 5.33. The summed E-state index contributed by atoms with van der Waals surface area (Å²) in [5, 5.41) is 15.6. The van der Waals surface area contributed by atoms with Crippen molar-refractivity contribution >= 4 is 70.8 Å². The van der Waals surface area contributed by atoms with E-state index in [0.717, 1.165) is 0 Å². The fourth-order valence-electron chi connectivity index (χ4n) is 9.37. The topological polar surface area (TPSA) is 491 Å². The summed E-state index contributed by atoms with van der Waals surface area (Å²) >= 11 is 0. The first-order chi connectivity index (χ1) is 42.4. The standard InChI is InChI=1S/C60H80N14O15/c1-86-49-17-13-33(25-37(49)53(62)79)30-46(76)42(10-6-22-69-58(65)83)72-55(81)39-27-35(15-19-51(39)88-3)32-48(78)44(12-8-24-71-60(67)85)74-56(82)40-28-36(16-20-52(40)89-4)31-47(77)43(11-7-23-70-59(66)84)73-54(80)38-26-34(14-18-50(38)87-2)29-45(75)41(61)9-5-21-68-57(63)64/h13-20,25-28,41-44H,5-12,21-24,29-32,61H2,1-4H3,(H2,62,79)(H,72,81)(H,73,80)(H,74,82)(H4,63,64,68)(H3,65,69,83)(H3,66,70,84)(H3,67,71,85)/t41-,42-,43-,44-/m1/s1. The quantitative estimate of drug-likeness (QED) is 0.0163. The summed E-state index contributed by atoms with van der Waals surface area (Å²) in [6.07, 6.45) is 0.258. The SMILES string of the molecule is COc1ccc(CC(=O)[C@@H](CCCNC(N)=O)NC(=O)c2cc(CC(=O)[C@@H](CCCNC(N)=O)NC(=O)c3cc(CC(=O)[C@@H](CCCNC(N)=O)NC(=O)c4cc(CC(=O)[C@H](N)CCCN=C(N)N)ccc4OC)ccc3OC)ccc2OC)cc1C(N)=O. The van der Waals surface area contributed by atoms with Gasteiger partial charge in [-0.05, 0) is 122 Å². The molecule has 0 unspecified atom stereocenters. The molecule has 4 rings (SSSR count). The molecule has 29 heteroatoms. The largest absolute Gasteiger partial charge is 0.496 e. The van der Waals surface area contributed by atoms with Gasteiger partial charge in [-0.1, -0.05) is 24.3 Å². The number of Topliss-reactive ketones (excluding diaryl/α,β-unsaturated/α-hetero) is 4. The number of ether oxygens (including phenoxy) is 4. The summed E-state index contributed by atoms with van der Waals surface area (Å²) in [5.41, 5.74) is 39.6. The average Bonchev–Trinajstić information content (AvgIpc) is 2.33.